The minimum atomic E-state index is -0.370. The molecule has 1 aliphatic rings. The third kappa shape index (κ3) is 2.21. The molecule has 1 aromatic heterocycles. The molecule has 2 rings (SSSR count). The molecular weight excluding hydrogens is 194 g/mol. The van der Waals surface area contributed by atoms with Gasteiger partial charge in [0.1, 0.15) is 5.76 Å². The molecule has 2 heterocycles. The van der Waals surface area contributed by atoms with Gasteiger partial charge in [-0.1, -0.05) is 0 Å². The van der Waals surface area contributed by atoms with Crippen LogP contribution in [0.15, 0.2) is 10.5 Å². The summed E-state index contributed by atoms with van der Waals surface area (Å²) < 4.78 is 10.4. The maximum Gasteiger partial charge on any atom is 0.374 e. The van der Waals surface area contributed by atoms with Gasteiger partial charge in [0.05, 0.1) is 6.61 Å². The van der Waals surface area contributed by atoms with Gasteiger partial charge in [-0.05, 0) is 26.0 Å². The maximum atomic E-state index is 11.4. The highest BCUT2D eigenvalue weighted by atomic mass is 16.5. The molecule has 0 atom stereocenters. The molecule has 0 aromatic carbocycles. The van der Waals surface area contributed by atoms with E-state index in [0.29, 0.717) is 12.4 Å². The van der Waals surface area contributed by atoms with Crippen LogP contribution in [0.1, 0.15) is 35.2 Å². The largest absolute Gasteiger partial charge is 0.460 e. The van der Waals surface area contributed by atoms with Gasteiger partial charge in [0.2, 0.25) is 5.76 Å². The lowest BCUT2D eigenvalue weighted by Crippen LogP contribution is -2.12. The zero-order valence-electron chi connectivity index (χ0n) is 8.84. The van der Waals surface area contributed by atoms with Crippen LogP contribution in [0.25, 0.3) is 0 Å². The number of carbonyl (C=O) groups excluding carboxylic acids is 1. The smallest absolute Gasteiger partial charge is 0.374 e. The molecule has 82 valence electrons. The van der Waals surface area contributed by atoms with E-state index in [1.165, 1.54) is 0 Å². The number of ether oxygens (including phenoxy) is 1. The zero-order valence-corrected chi connectivity index (χ0v) is 8.84. The molecule has 0 amide bonds. The maximum absolute atomic E-state index is 11.4. The van der Waals surface area contributed by atoms with Gasteiger partial charge in [-0.15, -0.1) is 0 Å². The quantitative estimate of drug-likeness (QED) is 0.750. The van der Waals surface area contributed by atoms with Crippen molar-refractivity contribution in [3.05, 3.63) is 23.2 Å². The Balaban J connectivity index is 2.18. The topological polar surface area (TPSA) is 51.5 Å². The molecular formula is C11H15NO3. The SMILES string of the molecule is CCOC(=O)c1cc2c(o1)CCCNC2. The molecule has 0 unspecified atom stereocenters. The normalized spacial score (nSPS) is 15.5. The summed E-state index contributed by atoms with van der Waals surface area (Å²) in [6.45, 7) is 3.94. The Morgan fingerprint density at radius 1 is 1.67 bits per heavy atom. The lowest BCUT2D eigenvalue weighted by molar-refractivity contribution is 0.0488. The summed E-state index contributed by atoms with van der Waals surface area (Å²) in [5.41, 5.74) is 1.08. The lowest BCUT2D eigenvalue weighted by Gasteiger charge is -1.97. The minimum Gasteiger partial charge on any atom is -0.460 e. The second-order valence-electron chi connectivity index (χ2n) is 3.56. The van der Waals surface area contributed by atoms with Crippen molar-refractivity contribution in [1.29, 1.82) is 0 Å². The van der Waals surface area contributed by atoms with Gasteiger partial charge in [-0.3, -0.25) is 0 Å². The van der Waals surface area contributed by atoms with E-state index in [-0.39, 0.29) is 5.97 Å². The standard InChI is InChI=1S/C11H15NO3/c1-2-14-11(13)10-6-8-7-12-5-3-4-9(8)15-10/h6,12H,2-5,7H2,1H3. The molecule has 1 aliphatic heterocycles. The summed E-state index contributed by atoms with van der Waals surface area (Å²) in [5, 5.41) is 3.28. The number of carbonyl (C=O) groups is 1. The number of aryl methyl sites for hydroxylation is 1. The molecule has 4 heteroatoms. The van der Waals surface area contributed by atoms with Crippen LogP contribution in [-0.2, 0) is 17.7 Å². The molecule has 0 bridgehead atoms. The molecule has 4 nitrogen and oxygen atoms in total. The zero-order chi connectivity index (χ0) is 10.7. The van der Waals surface area contributed by atoms with E-state index < -0.39 is 0 Å². The van der Waals surface area contributed by atoms with Gasteiger partial charge in [-0.2, -0.15) is 0 Å². The van der Waals surface area contributed by atoms with E-state index >= 15 is 0 Å². The molecule has 1 N–H and O–H groups in total. The van der Waals surface area contributed by atoms with Crippen LogP contribution in [0.5, 0.6) is 0 Å². The Morgan fingerprint density at radius 2 is 2.53 bits per heavy atom. The number of esters is 1. The Labute approximate surface area is 88.6 Å². The minimum absolute atomic E-state index is 0.325. The van der Waals surface area contributed by atoms with E-state index in [1.54, 1.807) is 13.0 Å². The molecule has 0 aliphatic carbocycles. The highest BCUT2D eigenvalue weighted by molar-refractivity contribution is 5.86. The van der Waals surface area contributed by atoms with Gasteiger partial charge in [0, 0.05) is 18.5 Å². The van der Waals surface area contributed by atoms with Crippen molar-refractivity contribution < 1.29 is 13.9 Å². The summed E-state index contributed by atoms with van der Waals surface area (Å²) in [6, 6.07) is 1.78. The van der Waals surface area contributed by atoms with Crippen molar-refractivity contribution in [3.8, 4) is 0 Å². The Morgan fingerprint density at radius 3 is 3.33 bits per heavy atom. The Hall–Kier alpha value is -1.29. The summed E-state index contributed by atoms with van der Waals surface area (Å²) >= 11 is 0. The number of furan rings is 1. The predicted octanol–water partition coefficient (Wildman–Crippen LogP) is 1.49. The average molecular weight is 209 g/mol. The van der Waals surface area contributed by atoms with Gasteiger partial charge in [0.15, 0.2) is 0 Å². The Bertz CT molecular complexity index is 333. The van der Waals surface area contributed by atoms with E-state index in [1.807, 2.05) is 0 Å². The highest BCUT2D eigenvalue weighted by Gasteiger charge is 2.18. The summed E-state index contributed by atoms with van der Waals surface area (Å²) in [6.07, 6.45) is 1.94. The summed E-state index contributed by atoms with van der Waals surface area (Å²) in [4.78, 5) is 11.4. The number of rotatable bonds is 2. The van der Waals surface area contributed by atoms with Crippen molar-refractivity contribution in [1.82, 2.24) is 5.32 Å². The molecule has 1 aromatic rings. The molecule has 0 radical (unpaired) electrons. The van der Waals surface area contributed by atoms with Crippen LogP contribution in [0.4, 0.5) is 0 Å². The predicted molar refractivity (Wildman–Crippen MR) is 54.7 cm³/mol. The highest BCUT2D eigenvalue weighted by Crippen LogP contribution is 2.19. The third-order valence-electron chi connectivity index (χ3n) is 2.45. The first-order valence-corrected chi connectivity index (χ1v) is 5.30. The van der Waals surface area contributed by atoms with Crippen molar-refractivity contribution in [2.75, 3.05) is 13.2 Å². The molecule has 0 spiro atoms. The van der Waals surface area contributed by atoms with Gasteiger partial charge < -0.3 is 14.5 Å². The fourth-order valence-corrected chi connectivity index (χ4v) is 1.73. The first-order chi connectivity index (χ1) is 7.31. The summed E-state index contributed by atoms with van der Waals surface area (Å²) in [5.74, 6) is 0.874. The monoisotopic (exact) mass is 209 g/mol. The number of hydrogen-bond donors (Lipinski definition) is 1. The van der Waals surface area contributed by atoms with E-state index in [4.69, 9.17) is 9.15 Å². The third-order valence-corrected chi connectivity index (χ3v) is 2.45. The van der Waals surface area contributed by atoms with E-state index in [2.05, 4.69) is 5.32 Å². The first kappa shape index (κ1) is 10.2. The number of nitrogens with one attached hydrogen (secondary N) is 1. The second kappa shape index (κ2) is 4.49. The van der Waals surface area contributed by atoms with Gasteiger partial charge in [0.25, 0.3) is 0 Å². The van der Waals surface area contributed by atoms with Crippen LogP contribution in [-0.4, -0.2) is 19.1 Å². The van der Waals surface area contributed by atoms with Gasteiger partial charge >= 0.3 is 5.97 Å². The van der Waals surface area contributed by atoms with Crippen molar-refractivity contribution >= 4 is 5.97 Å². The molecule has 0 saturated carbocycles. The fourth-order valence-electron chi connectivity index (χ4n) is 1.73. The van der Waals surface area contributed by atoms with Crippen molar-refractivity contribution in [3.63, 3.8) is 0 Å². The van der Waals surface area contributed by atoms with Gasteiger partial charge in [-0.25, -0.2) is 4.79 Å². The Kier molecular flexibility index (Phi) is 3.06. The van der Waals surface area contributed by atoms with Crippen LogP contribution in [0.2, 0.25) is 0 Å². The van der Waals surface area contributed by atoms with E-state index in [9.17, 15) is 4.79 Å². The van der Waals surface area contributed by atoms with Crippen LogP contribution in [0, 0.1) is 0 Å². The molecule has 0 fully saturated rings. The second-order valence-corrected chi connectivity index (χ2v) is 3.56. The molecule has 15 heavy (non-hydrogen) atoms. The van der Waals surface area contributed by atoms with Crippen molar-refractivity contribution in [2.24, 2.45) is 0 Å². The van der Waals surface area contributed by atoms with Crippen molar-refractivity contribution in [2.45, 2.75) is 26.3 Å². The summed E-state index contributed by atoms with van der Waals surface area (Å²) in [7, 11) is 0. The van der Waals surface area contributed by atoms with Crippen LogP contribution >= 0.6 is 0 Å². The number of hydrogen-bond acceptors (Lipinski definition) is 4. The van der Waals surface area contributed by atoms with Crippen LogP contribution < -0.4 is 5.32 Å². The first-order valence-electron chi connectivity index (χ1n) is 5.30. The lowest BCUT2D eigenvalue weighted by atomic mass is 10.2. The molecule has 0 saturated heterocycles. The fraction of sp³-hybridized carbons (Fsp3) is 0.545. The average Bonchev–Trinajstić information content (AvgIpc) is 2.51. The van der Waals surface area contributed by atoms with E-state index in [0.717, 1.165) is 37.3 Å². The van der Waals surface area contributed by atoms with Crippen LogP contribution in [0.3, 0.4) is 0 Å². The number of fused-ring (bicyclic) bond motifs is 1.